The lowest BCUT2D eigenvalue weighted by molar-refractivity contribution is 0.103. The number of aryl methyl sites for hydroxylation is 1. The lowest BCUT2D eigenvalue weighted by Crippen LogP contribution is -2.09. The van der Waals surface area contributed by atoms with Crippen molar-refractivity contribution in [2.24, 2.45) is 0 Å². The highest BCUT2D eigenvalue weighted by molar-refractivity contribution is 7.12. The van der Waals surface area contributed by atoms with Gasteiger partial charge in [-0.15, -0.1) is 11.3 Å². The molecule has 0 spiro atoms. The van der Waals surface area contributed by atoms with Gasteiger partial charge in [-0.25, -0.2) is 0 Å². The van der Waals surface area contributed by atoms with Crippen molar-refractivity contribution in [3.8, 4) is 22.8 Å². The van der Waals surface area contributed by atoms with Crippen LogP contribution < -0.4 is 5.32 Å². The summed E-state index contributed by atoms with van der Waals surface area (Å²) < 4.78 is 5.42. The molecule has 0 aliphatic heterocycles. The first kappa shape index (κ1) is 16.2. The topological polar surface area (TPSA) is 68.0 Å². The Morgan fingerprint density at radius 1 is 1.08 bits per heavy atom. The van der Waals surface area contributed by atoms with Crippen LogP contribution in [0, 0.1) is 6.92 Å². The van der Waals surface area contributed by atoms with Crippen LogP contribution in [0.25, 0.3) is 22.8 Å². The third-order valence-electron chi connectivity index (χ3n) is 3.93. The van der Waals surface area contributed by atoms with Crippen LogP contribution >= 0.6 is 11.3 Å². The second-order valence-corrected chi connectivity index (χ2v) is 6.70. The van der Waals surface area contributed by atoms with Crippen LogP contribution in [0.2, 0.25) is 0 Å². The first-order chi connectivity index (χ1) is 12.7. The lowest BCUT2D eigenvalue weighted by atomic mass is 10.1. The fourth-order valence-corrected chi connectivity index (χ4v) is 3.22. The van der Waals surface area contributed by atoms with Crippen LogP contribution in [0.15, 0.2) is 70.6 Å². The molecule has 6 heteroatoms. The molecular weight excluding hydrogens is 346 g/mol. The molecule has 26 heavy (non-hydrogen) atoms. The van der Waals surface area contributed by atoms with E-state index in [-0.39, 0.29) is 5.91 Å². The predicted molar refractivity (Wildman–Crippen MR) is 102 cm³/mol. The van der Waals surface area contributed by atoms with Gasteiger partial charge >= 0.3 is 0 Å². The second kappa shape index (κ2) is 6.93. The van der Waals surface area contributed by atoms with E-state index in [0.29, 0.717) is 22.3 Å². The SMILES string of the molecule is Cc1ccccc1-c1nc(-c2cccc(NC(=O)c3cccs3)c2)no1. The van der Waals surface area contributed by atoms with Gasteiger partial charge in [0.2, 0.25) is 5.82 Å². The zero-order valence-corrected chi connectivity index (χ0v) is 14.8. The van der Waals surface area contributed by atoms with E-state index in [9.17, 15) is 4.79 Å². The van der Waals surface area contributed by atoms with Crippen molar-refractivity contribution in [1.29, 1.82) is 0 Å². The summed E-state index contributed by atoms with van der Waals surface area (Å²) in [5.74, 6) is 0.826. The number of amides is 1. The lowest BCUT2D eigenvalue weighted by Gasteiger charge is -2.04. The highest BCUT2D eigenvalue weighted by Gasteiger charge is 2.13. The minimum atomic E-state index is -0.133. The van der Waals surface area contributed by atoms with Gasteiger partial charge in [0, 0.05) is 16.8 Å². The first-order valence-corrected chi connectivity index (χ1v) is 8.94. The second-order valence-electron chi connectivity index (χ2n) is 5.75. The van der Waals surface area contributed by atoms with E-state index in [2.05, 4.69) is 15.5 Å². The van der Waals surface area contributed by atoms with E-state index < -0.39 is 0 Å². The number of nitrogens with zero attached hydrogens (tertiary/aromatic N) is 2. The monoisotopic (exact) mass is 361 g/mol. The number of thiophene rings is 1. The Labute approximate surface area is 154 Å². The number of hydrogen-bond donors (Lipinski definition) is 1. The Morgan fingerprint density at radius 3 is 2.77 bits per heavy atom. The third-order valence-corrected chi connectivity index (χ3v) is 4.79. The Kier molecular flexibility index (Phi) is 4.33. The number of nitrogens with one attached hydrogen (secondary N) is 1. The summed E-state index contributed by atoms with van der Waals surface area (Å²) in [7, 11) is 0. The molecule has 0 aliphatic rings. The van der Waals surface area contributed by atoms with Crippen LogP contribution in [-0.2, 0) is 0 Å². The highest BCUT2D eigenvalue weighted by Crippen LogP contribution is 2.26. The van der Waals surface area contributed by atoms with Gasteiger partial charge in [-0.05, 0) is 42.1 Å². The Bertz CT molecular complexity index is 1050. The summed E-state index contributed by atoms with van der Waals surface area (Å²) in [6, 6.07) is 18.9. The van der Waals surface area contributed by atoms with Crippen molar-refractivity contribution in [3.63, 3.8) is 0 Å². The van der Waals surface area contributed by atoms with Crippen molar-refractivity contribution in [2.75, 3.05) is 5.32 Å². The molecule has 0 aliphatic carbocycles. The van der Waals surface area contributed by atoms with Crippen LogP contribution in [-0.4, -0.2) is 16.0 Å². The number of rotatable bonds is 4. The first-order valence-electron chi connectivity index (χ1n) is 8.06. The summed E-state index contributed by atoms with van der Waals surface area (Å²) in [6.07, 6.45) is 0. The standard InChI is InChI=1S/C20H15N3O2S/c1-13-6-2-3-9-16(13)20-22-18(23-25-20)14-7-4-8-15(12-14)21-19(24)17-10-5-11-26-17/h2-12H,1H3,(H,21,24). The van der Waals surface area contributed by atoms with Crippen molar-refractivity contribution in [1.82, 2.24) is 10.1 Å². The van der Waals surface area contributed by atoms with Crippen LogP contribution in [0.4, 0.5) is 5.69 Å². The Balaban J connectivity index is 1.59. The molecule has 4 rings (SSSR count). The molecule has 1 amide bonds. The van der Waals surface area contributed by atoms with Gasteiger partial charge in [-0.1, -0.05) is 41.6 Å². The molecule has 2 aromatic carbocycles. The minimum absolute atomic E-state index is 0.133. The number of carbonyl (C=O) groups excluding carboxylic acids is 1. The van der Waals surface area contributed by atoms with Crippen molar-refractivity contribution in [3.05, 3.63) is 76.5 Å². The van der Waals surface area contributed by atoms with E-state index >= 15 is 0 Å². The number of hydrogen-bond acceptors (Lipinski definition) is 5. The smallest absolute Gasteiger partial charge is 0.265 e. The van der Waals surface area contributed by atoms with Crippen LogP contribution in [0.1, 0.15) is 15.2 Å². The summed E-state index contributed by atoms with van der Waals surface area (Å²) in [5.41, 5.74) is 3.44. The van der Waals surface area contributed by atoms with Gasteiger partial charge in [0.15, 0.2) is 0 Å². The molecule has 2 heterocycles. The third kappa shape index (κ3) is 3.27. The molecule has 0 saturated carbocycles. The molecule has 0 radical (unpaired) electrons. The van der Waals surface area contributed by atoms with Gasteiger partial charge in [-0.2, -0.15) is 4.98 Å². The minimum Gasteiger partial charge on any atom is -0.334 e. The highest BCUT2D eigenvalue weighted by atomic mass is 32.1. The number of aromatic nitrogens is 2. The van der Waals surface area contributed by atoms with E-state index in [1.165, 1.54) is 11.3 Å². The zero-order chi connectivity index (χ0) is 17.9. The summed E-state index contributed by atoms with van der Waals surface area (Å²) in [4.78, 5) is 17.4. The van der Waals surface area contributed by atoms with E-state index in [0.717, 1.165) is 16.7 Å². The maximum absolute atomic E-state index is 12.2. The van der Waals surface area contributed by atoms with Crippen molar-refractivity contribution >= 4 is 22.9 Å². The van der Waals surface area contributed by atoms with Gasteiger partial charge in [0.05, 0.1) is 4.88 Å². The summed E-state index contributed by atoms with van der Waals surface area (Å²) in [5, 5.41) is 8.84. The molecule has 1 N–H and O–H groups in total. The fraction of sp³-hybridized carbons (Fsp3) is 0.0500. The Morgan fingerprint density at radius 2 is 1.96 bits per heavy atom. The maximum Gasteiger partial charge on any atom is 0.265 e. The fourth-order valence-electron chi connectivity index (χ4n) is 2.60. The van der Waals surface area contributed by atoms with Crippen LogP contribution in [0.5, 0.6) is 0 Å². The molecule has 5 nitrogen and oxygen atoms in total. The van der Waals surface area contributed by atoms with Crippen molar-refractivity contribution < 1.29 is 9.32 Å². The molecule has 4 aromatic rings. The molecule has 0 fully saturated rings. The number of benzene rings is 2. The number of carbonyl (C=O) groups is 1. The maximum atomic E-state index is 12.2. The predicted octanol–water partition coefficient (Wildman–Crippen LogP) is 5.03. The summed E-state index contributed by atoms with van der Waals surface area (Å²) in [6.45, 7) is 2.00. The largest absolute Gasteiger partial charge is 0.334 e. The molecule has 2 aromatic heterocycles. The molecule has 128 valence electrons. The van der Waals surface area contributed by atoms with Crippen molar-refractivity contribution in [2.45, 2.75) is 6.92 Å². The molecular formula is C20H15N3O2S. The van der Waals surface area contributed by atoms with E-state index in [1.807, 2.05) is 66.9 Å². The summed E-state index contributed by atoms with van der Waals surface area (Å²) >= 11 is 1.40. The molecule has 0 saturated heterocycles. The average Bonchev–Trinajstić information content (AvgIpc) is 3.35. The normalized spacial score (nSPS) is 10.7. The van der Waals surface area contributed by atoms with Crippen LogP contribution in [0.3, 0.4) is 0 Å². The van der Waals surface area contributed by atoms with Gasteiger partial charge in [-0.3, -0.25) is 4.79 Å². The average molecular weight is 361 g/mol. The zero-order valence-electron chi connectivity index (χ0n) is 14.0. The van der Waals surface area contributed by atoms with E-state index in [1.54, 1.807) is 6.07 Å². The molecule has 0 atom stereocenters. The quantitative estimate of drug-likeness (QED) is 0.554. The molecule has 0 unspecified atom stereocenters. The van der Waals surface area contributed by atoms with Gasteiger partial charge in [0.1, 0.15) is 0 Å². The van der Waals surface area contributed by atoms with Gasteiger partial charge < -0.3 is 9.84 Å². The molecule has 0 bridgehead atoms. The van der Waals surface area contributed by atoms with Gasteiger partial charge in [0.25, 0.3) is 11.8 Å². The Hall–Kier alpha value is -3.25. The number of anilines is 1. The van der Waals surface area contributed by atoms with E-state index in [4.69, 9.17) is 4.52 Å².